The first-order valence-corrected chi connectivity index (χ1v) is 4.76. The molecule has 13 heavy (non-hydrogen) atoms. The minimum absolute atomic E-state index is 0.0726. The van der Waals surface area contributed by atoms with E-state index in [-0.39, 0.29) is 11.8 Å². The lowest BCUT2D eigenvalue weighted by atomic mass is 10.3. The first kappa shape index (κ1) is 9.92. The Bertz CT molecular complexity index is 327. The lowest BCUT2D eigenvalue weighted by Crippen LogP contribution is -1.99. The molecule has 0 aromatic carbocycles. The molecule has 0 aliphatic carbocycles. The fourth-order valence-corrected chi connectivity index (χ4v) is 1.75. The molecule has 1 heterocycles. The highest BCUT2D eigenvalue weighted by Gasteiger charge is 2.08. The van der Waals surface area contributed by atoms with Crippen molar-refractivity contribution >= 4 is 23.1 Å². The minimum atomic E-state index is -0.364. The summed E-state index contributed by atoms with van der Waals surface area (Å²) in [4.78, 5) is 22.4. The monoisotopic (exact) mass is 198 g/mol. The van der Waals surface area contributed by atoms with Crippen molar-refractivity contribution < 1.29 is 14.3 Å². The number of carbonyl (C=O) groups is 2. The molecule has 0 fully saturated rings. The molecule has 0 saturated carbocycles. The van der Waals surface area contributed by atoms with Gasteiger partial charge in [0, 0.05) is 13.3 Å². The summed E-state index contributed by atoms with van der Waals surface area (Å²) in [7, 11) is 0. The van der Waals surface area contributed by atoms with Crippen LogP contribution in [0.15, 0.2) is 12.1 Å². The van der Waals surface area contributed by atoms with Crippen LogP contribution in [-0.2, 0) is 4.79 Å². The molecule has 0 atom stereocenters. The van der Waals surface area contributed by atoms with E-state index in [1.54, 1.807) is 19.1 Å². The Morgan fingerprint density at radius 1 is 1.46 bits per heavy atom. The Hall–Kier alpha value is -1.16. The van der Waals surface area contributed by atoms with Crippen LogP contribution in [0.2, 0.25) is 0 Å². The fourth-order valence-electron chi connectivity index (χ4n) is 0.841. The van der Waals surface area contributed by atoms with Gasteiger partial charge in [-0.25, -0.2) is 0 Å². The Labute approximate surface area is 80.3 Å². The second-order valence-electron chi connectivity index (χ2n) is 2.49. The predicted octanol–water partition coefficient (Wildman–Crippen LogP) is 2.27. The molecule has 1 rings (SSSR count). The molecule has 0 unspecified atom stereocenters. The number of hydrogen-bond acceptors (Lipinski definition) is 4. The van der Waals surface area contributed by atoms with E-state index in [1.165, 1.54) is 18.3 Å². The van der Waals surface area contributed by atoms with Crippen LogP contribution in [0.25, 0.3) is 0 Å². The molecule has 0 amide bonds. The molecule has 0 aliphatic rings. The average Bonchev–Trinajstić information content (AvgIpc) is 2.50. The largest absolute Gasteiger partial charge is 0.416 e. The maximum Gasteiger partial charge on any atom is 0.308 e. The number of ether oxygens (including phenoxy) is 1. The third kappa shape index (κ3) is 2.66. The SMILES string of the molecule is CCC(=O)c1ccc(OC(C)=O)s1. The highest BCUT2D eigenvalue weighted by atomic mass is 32.1. The molecule has 0 N–H and O–H groups in total. The fraction of sp³-hybridized carbons (Fsp3) is 0.333. The summed E-state index contributed by atoms with van der Waals surface area (Å²) >= 11 is 1.20. The molecular weight excluding hydrogens is 188 g/mol. The number of hydrogen-bond donors (Lipinski definition) is 0. The molecule has 1 aromatic rings. The van der Waals surface area contributed by atoms with E-state index >= 15 is 0 Å². The minimum Gasteiger partial charge on any atom is -0.416 e. The van der Waals surface area contributed by atoms with Crippen molar-refractivity contribution in [3.05, 3.63) is 17.0 Å². The number of carbonyl (C=O) groups excluding carboxylic acids is 2. The molecule has 0 radical (unpaired) electrons. The van der Waals surface area contributed by atoms with Crippen molar-refractivity contribution in [2.45, 2.75) is 20.3 Å². The van der Waals surface area contributed by atoms with E-state index in [0.717, 1.165) is 0 Å². The summed E-state index contributed by atoms with van der Waals surface area (Å²) in [5.41, 5.74) is 0. The Balaban J connectivity index is 2.74. The van der Waals surface area contributed by atoms with Gasteiger partial charge in [0.25, 0.3) is 0 Å². The molecule has 1 aromatic heterocycles. The van der Waals surface area contributed by atoms with E-state index in [0.29, 0.717) is 16.4 Å². The van der Waals surface area contributed by atoms with Crippen LogP contribution in [0.3, 0.4) is 0 Å². The number of rotatable bonds is 3. The van der Waals surface area contributed by atoms with Gasteiger partial charge >= 0.3 is 5.97 Å². The van der Waals surface area contributed by atoms with Crippen molar-refractivity contribution in [2.75, 3.05) is 0 Å². The van der Waals surface area contributed by atoms with E-state index in [9.17, 15) is 9.59 Å². The van der Waals surface area contributed by atoms with Crippen LogP contribution in [-0.4, -0.2) is 11.8 Å². The third-order valence-corrected chi connectivity index (χ3v) is 2.43. The van der Waals surface area contributed by atoms with Crippen molar-refractivity contribution in [3.8, 4) is 5.06 Å². The lowest BCUT2D eigenvalue weighted by molar-refractivity contribution is -0.131. The zero-order valence-electron chi connectivity index (χ0n) is 7.49. The molecule has 0 saturated heterocycles. The van der Waals surface area contributed by atoms with Gasteiger partial charge in [-0.1, -0.05) is 18.3 Å². The average molecular weight is 198 g/mol. The molecular formula is C9H10O3S. The number of thiophene rings is 1. The van der Waals surface area contributed by atoms with Crippen LogP contribution < -0.4 is 4.74 Å². The first-order valence-electron chi connectivity index (χ1n) is 3.95. The topological polar surface area (TPSA) is 43.4 Å². The van der Waals surface area contributed by atoms with Crippen LogP contribution in [0.1, 0.15) is 29.9 Å². The molecule has 0 bridgehead atoms. The molecule has 4 heteroatoms. The molecule has 0 aliphatic heterocycles. The Kier molecular flexibility index (Phi) is 3.19. The van der Waals surface area contributed by atoms with E-state index in [1.807, 2.05) is 0 Å². The van der Waals surface area contributed by atoms with Crippen molar-refractivity contribution in [1.82, 2.24) is 0 Å². The second-order valence-corrected chi connectivity index (χ2v) is 3.54. The molecule has 3 nitrogen and oxygen atoms in total. The standard InChI is InChI=1S/C9H10O3S/c1-3-7(11)8-4-5-9(13-8)12-6(2)10/h4-5H,3H2,1-2H3. The van der Waals surface area contributed by atoms with Gasteiger partial charge in [-0.2, -0.15) is 0 Å². The highest BCUT2D eigenvalue weighted by molar-refractivity contribution is 7.15. The summed E-state index contributed by atoms with van der Waals surface area (Å²) in [5, 5.41) is 0.476. The molecule has 70 valence electrons. The van der Waals surface area contributed by atoms with Gasteiger partial charge in [-0.3, -0.25) is 9.59 Å². The summed E-state index contributed by atoms with van der Waals surface area (Å²) in [6, 6.07) is 3.31. The smallest absolute Gasteiger partial charge is 0.308 e. The highest BCUT2D eigenvalue weighted by Crippen LogP contribution is 2.25. The summed E-state index contributed by atoms with van der Waals surface area (Å²) in [6.07, 6.45) is 0.472. The van der Waals surface area contributed by atoms with Crippen molar-refractivity contribution in [3.63, 3.8) is 0 Å². The Morgan fingerprint density at radius 2 is 2.15 bits per heavy atom. The lowest BCUT2D eigenvalue weighted by Gasteiger charge is -1.93. The maximum atomic E-state index is 11.2. The van der Waals surface area contributed by atoms with Crippen molar-refractivity contribution in [2.24, 2.45) is 0 Å². The van der Waals surface area contributed by atoms with Crippen LogP contribution in [0.5, 0.6) is 5.06 Å². The van der Waals surface area contributed by atoms with Crippen molar-refractivity contribution in [1.29, 1.82) is 0 Å². The van der Waals surface area contributed by atoms with E-state index in [2.05, 4.69) is 0 Å². The maximum absolute atomic E-state index is 11.2. The van der Waals surface area contributed by atoms with E-state index < -0.39 is 0 Å². The second kappa shape index (κ2) is 4.18. The first-order chi connectivity index (χ1) is 6.13. The number of esters is 1. The van der Waals surface area contributed by atoms with Gasteiger partial charge in [0.1, 0.15) is 0 Å². The van der Waals surface area contributed by atoms with Gasteiger partial charge in [0.05, 0.1) is 4.88 Å². The van der Waals surface area contributed by atoms with Crippen LogP contribution in [0, 0.1) is 0 Å². The third-order valence-electron chi connectivity index (χ3n) is 1.42. The van der Waals surface area contributed by atoms with Crippen LogP contribution in [0.4, 0.5) is 0 Å². The summed E-state index contributed by atoms with van der Waals surface area (Å²) < 4.78 is 4.82. The van der Waals surface area contributed by atoms with Gasteiger partial charge in [-0.05, 0) is 12.1 Å². The predicted molar refractivity (Wildman–Crippen MR) is 50.2 cm³/mol. The number of Topliss-reactive ketones (excluding diaryl/α,β-unsaturated/α-hetero) is 1. The zero-order chi connectivity index (χ0) is 9.84. The Morgan fingerprint density at radius 3 is 2.69 bits per heavy atom. The van der Waals surface area contributed by atoms with E-state index in [4.69, 9.17) is 4.74 Å². The van der Waals surface area contributed by atoms with Gasteiger partial charge in [0.15, 0.2) is 10.8 Å². The quantitative estimate of drug-likeness (QED) is 0.552. The summed E-state index contributed by atoms with van der Waals surface area (Å²) in [5.74, 6) is -0.291. The molecule has 0 spiro atoms. The normalized spacial score (nSPS) is 9.69. The van der Waals surface area contributed by atoms with Gasteiger partial charge in [-0.15, -0.1) is 0 Å². The zero-order valence-corrected chi connectivity index (χ0v) is 8.31. The number of ketones is 1. The van der Waals surface area contributed by atoms with Crippen LogP contribution >= 0.6 is 11.3 Å². The summed E-state index contributed by atoms with van der Waals surface area (Å²) in [6.45, 7) is 3.13. The van der Waals surface area contributed by atoms with Gasteiger partial charge in [0.2, 0.25) is 0 Å². The van der Waals surface area contributed by atoms with Gasteiger partial charge < -0.3 is 4.74 Å².